The number of benzene rings is 1. The van der Waals surface area contributed by atoms with Crippen LogP contribution < -0.4 is 10.4 Å². The van der Waals surface area contributed by atoms with E-state index in [4.69, 9.17) is 19.0 Å². The lowest BCUT2D eigenvalue weighted by molar-refractivity contribution is -0.277. The predicted molar refractivity (Wildman–Crippen MR) is 81.6 cm³/mol. The lowest BCUT2D eigenvalue weighted by Crippen LogP contribution is -2.60. The number of fused-ring (bicyclic) bond motifs is 1. The van der Waals surface area contributed by atoms with Gasteiger partial charge >= 0.3 is 5.63 Å². The quantitative estimate of drug-likeness (QED) is 0.540. The smallest absolute Gasteiger partial charge is 0.336 e. The van der Waals surface area contributed by atoms with Crippen molar-refractivity contribution in [1.29, 1.82) is 0 Å². The summed E-state index contributed by atoms with van der Waals surface area (Å²) in [7, 11) is 0. The van der Waals surface area contributed by atoms with Crippen molar-refractivity contribution in [3.8, 4) is 5.75 Å². The second kappa shape index (κ2) is 6.50. The third kappa shape index (κ3) is 3.02. The molecule has 0 radical (unpaired) electrons. The number of aryl methyl sites for hydroxylation is 1. The molecule has 0 unspecified atom stereocenters. The van der Waals surface area contributed by atoms with Gasteiger partial charge in [0.15, 0.2) is 0 Å². The van der Waals surface area contributed by atoms with E-state index >= 15 is 0 Å². The van der Waals surface area contributed by atoms with Gasteiger partial charge < -0.3 is 34.3 Å². The van der Waals surface area contributed by atoms with E-state index in [1.807, 2.05) is 0 Å². The first-order valence-corrected chi connectivity index (χ1v) is 7.42. The molecule has 0 spiro atoms. The van der Waals surface area contributed by atoms with E-state index in [1.54, 1.807) is 19.1 Å². The fourth-order valence-electron chi connectivity index (χ4n) is 2.68. The van der Waals surface area contributed by atoms with Crippen LogP contribution in [-0.2, 0) is 4.74 Å². The molecule has 1 aliphatic rings. The topological polar surface area (TPSA) is 130 Å². The predicted octanol–water partition coefficient (Wildman–Crippen LogP) is -0.720. The van der Waals surface area contributed by atoms with Crippen molar-refractivity contribution in [2.24, 2.45) is 0 Å². The van der Waals surface area contributed by atoms with Crippen LogP contribution >= 0.6 is 0 Å². The molecule has 130 valence electrons. The maximum Gasteiger partial charge on any atom is 0.336 e. The second-order valence-electron chi connectivity index (χ2n) is 5.72. The Hall–Kier alpha value is -1.97. The standard InChI is InChI=1S/C16H18O8/c1-7-4-12(18)23-10-5-8(2-3-9(7)10)22-16-15(21)14(20)13(19)11(6-17)24-16/h2-5,11,13-17,19-21H,6H2,1H3/t11-,13+,14+,15+,16+/m1/s1. The molecular weight excluding hydrogens is 320 g/mol. The summed E-state index contributed by atoms with van der Waals surface area (Å²) >= 11 is 0. The minimum absolute atomic E-state index is 0.237. The summed E-state index contributed by atoms with van der Waals surface area (Å²) in [6, 6.07) is 6.12. The molecule has 4 N–H and O–H groups in total. The highest BCUT2D eigenvalue weighted by Gasteiger charge is 2.44. The summed E-state index contributed by atoms with van der Waals surface area (Å²) in [5, 5.41) is 39.4. The number of hydrogen-bond acceptors (Lipinski definition) is 8. The number of rotatable bonds is 3. The van der Waals surface area contributed by atoms with Crippen molar-refractivity contribution >= 4 is 11.0 Å². The third-order valence-corrected chi connectivity index (χ3v) is 4.02. The third-order valence-electron chi connectivity index (χ3n) is 4.02. The Bertz CT molecular complexity index is 783. The molecule has 0 amide bonds. The van der Waals surface area contributed by atoms with Gasteiger partial charge in [-0.05, 0) is 24.6 Å². The lowest BCUT2D eigenvalue weighted by atomic mass is 9.99. The summed E-state index contributed by atoms with van der Waals surface area (Å²) in [6.45, 7) is 1.23. The van der Waals surface area contributed by atoms with Crippen molar-refractivity contribution in [1.82, 2.24) is 0 Å². The summed E-state index contributed by atoms with van der Waals surface area (Å²) in [5.74, 6) is 0.237. The monoisotopic (exact) mass is 338 g/mol. The molecule has 5 atom stereocenters. The molecule has 0 bridgehead atoms. The first-order chi connectivity index (χ1) is 11.4. The highest BCUT2D eigenvalue weighted by Crippen LogP contribution is 2.27. The van der Waals surface area contributed by atoms with Gasteiger partial charge in [0.1, 0.15) is 35.7 Å². The molecule has 1 aliphatic heterocycles. The fourth-order valence-corrected chi connectivity index (χ4v) is 2.68. The summed E-state index contributed by atoms with van der Waals surface area (Å²) < 4.78 is 15.9. The van der Waals surface area contributed by atoms with Crippen LogP contribution in [0.15, 0.2) is 33.5 Å². The SMILES string of the molecule is Cc1cc(=O)oc2cc(O[C@H]3O[C@H](CO)[C@H](O)[C@H](O)[C@@H]3O)ccc12. The maximum absolute atomic E-state index is 11.5. The molecular formula is C16H18O8. The zero-order valence-corrected chi connectivity index (χ0v) is 12.8. The van der Waals surface area contributed by atoms with Crippen molar-refractivity contribution < 1.29 is 34.3 Å². The largest absolute Gasteiger partial charge is 0.462 e. The van der Waals surface area contributed by atoms with E-state index in [9.17, 15) is 20.1 Å². The molecule has 8 nitrogen and oxygen atoms in total. The number of aliphatic hydroxyl groups is 4. The van der Waals surface area contributed by atoms with Crippen LogP contribution in [0.4, 0.5) is 0 Å². The second-order valence-corrected chi connectivity index (χ2v) is 5.72. The molecule has 24 heavy (non-hydrogen) atoms. The van der Waals surface area contributed by atoms with Crippen molar-refractivity contribution in [3.05, 3.63) is 40.2 Å². The maximum atomic E-state index is 11.5. The summed E-state index contributed by atoms with van der Waals surface area (Å²) in [4.78, 5) is 11.5. The number of aliphatic hydroxyl groups excluding tert-OH is 4. The normalized spacial score (nSPS) is 30.5. The van der Waals surface area contributed by atoms with Crippen molar-refractivity contribution in [3.63, 3.8) is 0 Å². The lowest BCUT2D eigenvalue weighted by Gasteiger charge is -2.39. The van der Waals surface area contributed by atoms with E-state index in [0.29, 0.717) is 5.58 Å². The van der Waals surface area contributed by atoms with Crippen molar-refractivity contribution in [2.75, 3.05) is 6.61 Å². The number of hydrogen-bond donors (Lipinski definition) is 4. The highest BCUT2D eigenvalue weighted by atomic mass is 16.7. The molecule has 1 aromatic carbocycles. The fraction of sp³-hybridized carbons (Fsp3) is 0.438. The van der Waals surface area contributed by atoms with Crippen LogP contribution in [0.25, 0.3) is 11.0 Å². The Morgan fingerprint density at radius 1 is 1.12 bits per heavy atom. The van der Waals surface area contributed by atoms with Gasteiger partial charge in [-0.25, -0.2) is 4.79 Å². The van der Waals surface area contributed by atoms with Gasteiger partial charge in [0.05, 0.1) is 6.61 Å². The summed E-state index contributed by atoms with van der Waals surface area (Å²) in [5.41, 5.74) is 0.563. The molecule has 0 aliphatic carbocycles. The van der Waals surface area contributed by atoms with Crippen LogP contribution in [0.1, 0.15) is 5.56 Å². The van der Waals surface area contributed by atoms with Gasteiger partial charge in [0.25, 0.3) is 0 Å². The Kier molecular flexibility index (Phi) is 4.57. The average Bonchev–Trinajstić information content (AvgIpc) is 2.55. The molecule has 2 aromatic rings. The van der Waals surface area contributed by atoms with Crippen LogP contribution in [0.5, 0.6) is 5.75 Å². The first kappa shape index (κ1) is 16.9. The molecule has 2 heterocycles. The van der Waals surface area contributed by atoms with Gasteiger partial charge in [0, 0.05) is 17.5 Å². The van der Waals surface area contributed by atoms with Crippen LogP contribution in [0.3, 0.4) is 0 Å². The van der Waals surface area contributed by atoms with Crippen LogP contribution in [0.2, 0.25) is 0 Å². The molecule has 1 aromatic heterocycles. The Labute approximate surface area is 136 Å². The molecule has 8 heteroatoms. The number of ether oxygens (including phenoxy) is 2. The molecule has 0 saturated carbocycles. The minimum atomic E-state index is -1.53. The Morgan fingerprint density at radius 2 is 1.88 bits per heavy atom. The van der Waals surface area contributed by atoms with Gasteiger partial charge in [-0.1, -0.05) is 0 Å². The van der Waals surface area contributed by atoms with Crippen molar-refractivity contribution in [2.45, 2.75) is 37.6 Å². The first-order valence-electron chi connectivity index (χ1n) is 7.42. The zero-order valence-electron chi connectivity index (χ0n) is 12.8. The Balaban J connectivity index is 1.87. The van der Waals surface area contributed by atoms with E-state index in [2.05, 4.69) is 0 Å². The van der Waals surface area contributed by atoms with Gasteiger partial charge in [-0.3, -0.25) is 0 Å². The van der Waals surface area contributed by atoms with Crippen LogP contribution in [0, 0.1) is 6.92 Å². The highest BCUT2D eigenvalue weighted by molar-refractivity contribution is 5.81. The Morgan fingerprint density at radius 3 is 2.58 bits per heavy atom. The van der Waals surface area contributed by atoms with E-state index in [1.165, 1.54) is 12.1 Å². The summed E-state index contributed by atoms with van der Waals surface area (Å²) in [6.07, 6.45) is -6.85. The molecule has 3 rings (SSSR count). The van der Waals surface area contributed by atoms with E-state index in [0.717, 1.165) is 10.9 Å². The van der Waals surface area contributed by atoms with Gasteiger partial charge in [-0.2, -0.15) is 0 Å². The zero-order chi connectivity index (χ0) is 17.4. The minimum Gasteiger partial charge on any atom is -0.462 e. The molecule has 1 fully saturated rings. The van der Waals surface area contributed by atoms with Crippen LogP contribution in [-0.4, -0.2) is 57.7 Å². The molecule has 1 saturated heterocycles. The average molecular weight is 338 g/mol. The van der Waals surface area contributed by atoms with Gasteiger partial charge in [-0.15, -0.1) is 0 Å². The van der Waals surface area contributed by atoms with Gasteiger partial charge in [0.2, 0.25) is 6.29 Å². The van der Waals surface area contributed by atoms with E-state index < -0.39 is 42.9 Å². The van der Waals surface area contributed by atoms with E-state index in [-0.39, 0.29) is 5.75 Å².